The Morgan fingerprint density at radius 1 is 1.23 bits per heavy atom. The minimum absolute atomic E-state index is 0.0691. The molecule has 1 unspecified atom stereocenters. The minimum Gasteiger partial charge on any atom is -0.481 e. The third-order valence-corrected chi connectivity index (χ3v) is 6.15. The number of hydrogen-bond donors (Lipinski definition) is 1. The quantitative estimate of drug-likeness (QED) is 0.778. The number of likely N-dealkylation sites (tertiary alicyclic amines) is 1. The number of ether oxygens (including phenoxy) is 1. The summed E-state index contributed by atoms with van der Waals surface area (Å²) in [6.07, 6.45) is 9.31. The van der Waals surface area contributed by atoms with E-state index in [2.05, 4.69) is 30.1 Å². The van der Waals surface area contributed by atoms with Gasteiger partial charge in [0.15, 0.2) is 0 Å². The summed E-state index contributed by atoms with van der Waals surface area (Å²) in [7, 11) is 1.62. The number of anilines is 1. The van der Waals surface area contributed by atoms with Crippen LogP contribution in [0.3, 0.4) is 0 Å². The van der Waals surface area contributed by atoms with Gasteiger partial charge < -0.3 is 15.0 Å². The maximum Gasteiger partial charge on any atom is 0.224 e. The highest BCUT2D eigenvalue weighted by atomic mass is 16.5. The Labute approximate surface area is 177 Å². The predicted molar refractivity (Wildman–Crippen MR) is 114 cm³/mol. The van der Waals surface area contributed by atoms with Crippen LogP contribution in [0, 0.1) is 5.92 Å². The van der Waals surface area contributed by atoms with Crippen molar-refractivity contribution >= 4 is 11.7 Å². The second-order valence-corrected chi connectivity index (χ2v) is 8.05. The number of rotatable bonds is 6. The van der Waals surface area contributed by atoms with E-state index in [1.807, 2.05) is 18.2 Å². The zero-order chi connectivity index (χ0) is 20.8. The first-order valence-corrected chi connectivity index (χ1v) is 10.7. The lowest BCUT2D eigenvalue weighted by atomic mass is 9.93. The number of nitrogens with zero attached hydrogens (tertiary/aromatic N) is 5. The number of carbonyl (C=O) groups excluding carboxylic acids is 1. The molecule has 8 nitrogen and oxygen atoms in total. The monoisotopic (exact) mass is 410 g/mol. The fourth-order valence-electron chi connectivity index (χ4n) is 4.46. The van der Waals surface area contributed by atoms with Gasteiger partial charge in [-0.3, -0.25) is 14.7 Å². The first-order valence-electron chi connectivity index (χ1n) is 10.7. The molecule has 0 radical (unpaired) electrons. The van der Waals surface area contributed by atoms with Gasteiger partial charge in [-0.15, -0.1) is 0 Å². The molecule has 0 spiro atoms. The van der Waals surface area contributed by atoms with Crippen molar-refractivity contribution in [1.82, 2.24) is 25.2 Å². The molecule has 160 valence electrons. The van der Waals surface area contributed by atoms with E-state index < -0.39 is 0 Å². The van der Waals surface area contributed by atoms with Gasteiger partial charge in [-0.05, 0) is 43.9 Å². The van der Waals surface area contributed by atoms with Crippen molar-refractivity contribution in [2.75, 3.05) is 38.2 Å². The van der Waals surface area contributed by atoms with E-state index >= 15 is 0 Å². The van der Waals surface area contributed by atoms with Crippen LogP contribution in [-0.2, 0) is 11.3 Å². The molecule has 2 aliphatic rings. The molecule has 0 saturated carbocycles. The van der Waals surface area contributed by atoms with Gasteiger partial charge >= 0.3 is 0 Å². The number of piperidine rings is 2. The highest BCUT2D eigenvalue weighted by Crippen LogP contribution is 2.26. The molecule has 2 saturated heterocycles. The Kier molecular flexibility index (Phi) is 6.74. The lowest BCUT2D eigenvalue weighted by Crippen LogP contribution is -2.50. The van der Waals surface area contributed by atoms with Crippen LogP contribution in [0.5, 0.6) is 5.88 Å². The Hall–Kier alpha value is -2.74. The first kappa shape index (κ1) is 20.5. The standard InChI is InChI=1S/C22H30N6O2/c1-30-21-12-20(25-16-26-21)27-10-6-19(7-11-27)28-9-3-5-18(15-28)22(29)24-14-17-4-2-8-23-13-17/h2,4,8,12-13,16,18-19H,3,5-7,9-11,14-15H2,1H3,(H,24,29). The van der Waals surface area contributed by atoms with E-state index in [1.54, 1.807) is 25.8 Å². The molecule has 1 atom stereocenters. The zero-order valence-corrected chi connectivity index (χ0v) is 17.5. The molecular formula is C22H30N6O2. The summed E-state index contributed by atoms with van der Waals surface area (Å²) >= 11 is 0. The van der Waals surface area contributed by atoms with Crippen molar-refractivity contribution in [1.29, 1.82) is 0 Å². The average molecular weight is 411 g/mol. The van der Waals surface area contributed by atoms with Crippen molar-refractivity contribution in [3.05, 3.63) is 42.5 Å². The van der Waals surface area contributed by atoms with Crippen molar-refractivity contribution in [2.24, 2.45) is 5.92 Å². The molecule has 4 heterocycles. The number of hydrogen-bond acceptors (Lipinski definition) is 7. The SMILES string of the molecule is COc1cc(N2CCC(N3CCCC(C(=O)NCc4cccnc4)C3)CC2)ncn1. The van der Waals surface area contributed by atoms with Crippen LogP contribution < -0.4 is 15.0 Å². The van der Waals surface area contributed by atoms with Crippen molar-refractivity contribution in [3.63, 3.8) is 0 Å². The van der Waals surface area contributed by atoms with Gasteiger partial charge in [0.2, 0.25) is 11.8 Å². The van der Waals surface area contributed by atoms with Crippen molar-refractivity contribution in [3.8, 4) is 5.88 Å². The maximum atomic E-state index is 12.7. The van der Waals surface area contributed by atoms with E-state index in [4.69, 9.17) is 4.74 Å². The lowest BCUT2D eigenvalue weighted by molar-refractivity contribution is -0.127. The Balaban J connectivity index is 1.27. The summed E-state index contributed by atoms with van der Waals surface area (Å²) < 4.78 is 5.22. The van der Waals surface area contributed by atoms with Gasteiger partial charge in [0, 0.05) is 50.7 Å². The van der Waals surface area contributed by atoms with E-state index in [9.17, 15) is 4.79 Å². The van der Waals surface area contributed by atoms with Crippen LogP contribution >= 0.6 is 0 Å². The van der Waals surface area contributed by atoms with Crippen LogP contribution in [-0.4, -0.2) is 65.1 Å². The molecule has 0 bridgehead atoms. The topological polar surface area (TPSA) is 83.5 Å². The molecule has 0 aliphatic carbocycles. The van der Waals surface area contributed by atoms with E-state index in [0.29, 0.717) is 18.5 Å². The molecule has 2 aromatic heterocycles. The largest absolute Gasteiger partial charge is 0.481 e. The molecule has 2 aromatic rings. The van der Waals surface area contributed by atoms with E-state index in [1.165, 1.54) is 0 Å². The van der Waals surface area contributed by atoms with E-state index in [0.717, 1.165) is 63.2 Å². The van der Waals surface area contributed by atoms with Gasteiger partial charge in [-0.25, -0.2) is 9.97 Å². The van der Waals surface area contributed by atoms with Crippen LogP contribution in [0.15, 0.2) is 36.9 Å². The van der Waals surface area contributed by atoms with Gasteiger partial charge in [0.1, 0.15) is 12.1 Å². The second kappa shape index (κ2) is 9.84. The fraction of sp³-hybridized carbons (Fsp3) is 0.545. The molecular weight excluding hydrogens is 380 g/mol. The summed E-state index contributed by atoms with van der Waals surface area (Å²) in [6, 6.07) is 6.30. The summed E-state index contributed by atoms with van der Waals surface area (Å²) in [6.45, 7) is 4.39. The minimum atomic E-state index is 0.0691. The Bertz CT molecular complexity index is 825. The summed E-state index contributed by atoms with van der Waals surface area (Å²) in [5.74, 6) is 1.75. The molecule has 4 rings (SSSR count). The number of amides is 1. The molecule has 1 N–H and O–H groups in total. The second-order valence-electron chi connectivity index (χ2n) is 8.05. The number of pyridine rings is 1. The smallest absolute Gasteiger partial charge is 0.224 e. The van der Waals surface area contributed by atoms with Gasteiger partial charge in [-0.2, -0.15) is 0 Å². The summed E-state index contributed by atoms with van der Waals surface area (Å²) in [5.41, 5.74) is 1.03. The summed E-state index contributed by atoms with van der Waals surface area (Å²) in [4.78, 5) is 30.1. The normalized spacial score (nSPS) is 20.7. The number of methoxy groups -OCH3 is 1. The molecule has 2 fully saturated rings. The lowest BCUT2D eigenvalue weighted by Gasteiger charge is -2.42. The molecule has 0 aromatic carbocycles. The van der Waals surface area contributed by atoms with Crippen molar-refractivity contribution < 1.29 is 9.53 Å². The van der Waals surface area contributed by atoms with Gasteiger partial charge in [-0.1, -0.05) is 6.07 Å². The predicted octanol–water partition coefficient (Wildman–Crippen LogP) is 1.88. The van der Waals surface area contributed by atoms with E-state index in [-0.39, 0.29) is 11.8 Å². The molecule has 2 aliphatic heterocycles. The average Bonchev–Trinajstić information content (AvgIpc) is 2.83. The first-order chi connectivity index (χ1) is 14.7. The van der Waals surface area contributed by atoms with Crippen LogP contribution in [0.2, 0.25) is 0 Å². The molecule has 8 heteroatoms. The van der Waals surface area contributed by atoms with Crippen LogP contribution in [0.1, 0.15) is 31.2 Å². The number of carbonyl (C=O) groups is 1. The molecule has 30 heavy (non-hydrogen) atoms. The zero-order valence-electron chi connectivity index (χ0n) is 17.5. The van der Waals surface area contributed by atoms with Crippen molar-refractivity contribution in [2.45, 2.75) is 38.3 Å². The highest BCUT2D eigenvalue weighted by Gasteiger charge is 2.31. The Morgan fingerprint density at radius 2 is 2.10 bits per heavy atom. The number of nitrogens with one attached hydrogen (secondary N) is 1. The molecule has 1 amide bonds. The van der Waals surface area contributed by atoms with Gasteiger partial charge in [0.05, 0.1) is 13.0 Å². The Morgan fingerprint density at radius 3 is 2.87 bits per heavy atom. The van der Waals surface area contributed by atoms with Crippen LogP contribution in [0.25, 0.3) is 0 Å². The van der Waals surface area contributed by atoms with Crippen LogP contribution in [0.4, 0.5) is 5.82 Å². The van der Waals surface area contributed by atoms with Gasteiger partial charge in [0.25, 0.3) is 0 Å². The maximum absolute atomic E-state index is 12.7. The number of aromatic nitrogens is 3. The summed E-state index contributed by atoms with van der Waals surface area (Å²) in [5, 5.41) is 3.09. The fourth-order valence-corrected chi connectivity index (χ4v) is 4.46. The third kappa shape index (κ3) is 5.05. The highest BCUT2D eigenvalue weighted by molar-refractivity contribution is 5.78. The third-order valence-electron chi connectivity index (χ3n) is 6.15.